The minimum atomic E-state index is -1.01. The SMILES string of the molecule is CC(CC(=O)C[n+]1c[nH]c2ccc(F)c(F)c21)c1ccc(C(C)(C)C#N)c(F)c1. The second-order valence-electron chi connectivity index (χ2n) is 7.78. The zero-order chi connectivity index (χ0) is 21.3. The first-order chi connectivity index (χ1) is 13.6. The van der Waals surface area contributed by atoms with E-state index in [1.54, 1.807) is 32.9 Å². The Morgan fingerprint density at radius 2 is 1.93 bits per heavy atom. The summed E-state index contributed by atoms with van der Waals surface area (Å²) in [4.78, 5) is 15.3. The predicted molar refractivity (Wildman–Crippen MR) is 101 cm³/mol. The molecule has 0 saturated heterocycles. The monoisotopic (exact) mass is 400 g/mol. The van der Waals surface area contributed by atoms with Gasteiger partial charge in [0.1, 0.15) is 12.4 Å². The summed E-state index contributed by atoms with van der Waals surface area (Å²) in [5.74, 6) is -2.96. The van der Waals surface area contributed by atoms with Crippen molar-refractivity contribution in [2.45, 2.75) is 45.1 Å². The van der Waals surface area contributed by atoms with Gasteiger partial charge in [-0.25, -0.2) is 18.3 Å². The Labute approximate surface area is 166 Å². The Hall–Kier alpha value is -3.14. The summed E-state index contributed by atoms with van der Waals surface area (Å²) in [7, 11) is 0. The third kappa shape index (κ3) is 4.02. The molecule has 4 nitrogen and oxygen atoms in total. The molecule has 1 N–H and O–H groups in total. The van der Waals surface area contributed by atoms with Crippen LogP contribution in [0.5, 0.6) is 0 Å². The second kappa shape index (κ2) is 7.70. The minimum Gasteiger partial charge on any atom is -0.295 e. The highest BCUT2D eigenvalue weighted by atomic mass is 19.2. The number of hydrogen-bond donors (Lipinski definition) is 1. The fourth-order valence-electron chi connectivity index (χ4n) is 3.39. The summed E-state index contributed by atoms with van der Waals surface area (Å²) in [6.07, 6.45) is 1.53. The van der Waals surface area contributed by atoms with Gasteiger partial charge in [-0.3, -0.25) is 4.79 Å². The van der Waals surface area contributed by atoms with E-state index in [1.807, 2.05) is 0 Å². The molecule has 0 radical (unpaired) electrons. The number of fused-ring (bicyclic) bond motifs is 1. The summed E-state index contributed by atoms with van der Waals surface area (Å²) in [6.45, 7) is 4.94. The van der Waals surface area contributed by atoms with Gasteiger partial charge >= 0.3 is 0 Å². The molecule has 7 heteroatoms. The first-order valence-corrected chi connectivity index (χ1v) is 9.21. The highest BCUT2D eigenvalue weighted by molar-refractivity contribution is 5.79. The number of H-pyrrole nitrogens is 1. The molecule has 0 bridgehead atoms. The van der Waals surface area contributed by atoms with Gasteiger partial charge in [-0.1, -0.05) is 19.1 Å². The number of benzene rings is 2. The number of aromatic amines is 1. The van der Waals surface area contributed by atoms with Crippen molar-refractivity contribution in [3.8, 4) is 6.07 Å². The summed E-state index contributed by atoms with van der Waals surface area (Å²) in [6, 6.07) is 9.13. The van der Waals surface area contributed by atoms with Gasteiger partial charge < -0.3 is 0 Å². The Kier molecular flexibility index (Phi) is 5.47. The Bertz CT molecular complexity index is 1130. The number of aromatic nitrogens is 2. The third-order valence-corrected chi connectivity index (χ3v) is 5.13. The van der Waals surface area contributed by atoms with Crippen molar-refractivity contribution in [2.24, 2.45) is 0 Å². The molecular formula is C22H21F3N3O+. The molecule has 0 aliphatic rings. The van der Waals surface area contributed by atoms with Gasteiger partial charge in [-0.2, -0.15) is 9.65 Å². The van der Waals surface area contributed by atoms with Crippen molar-refractivity contribution in [2.75, 3.05) is 0 Å². The van der Waals surface area contributed by atoms with Gasteiger partial charge in [-0.15, -0.1) is 0 Å². The van der Waals surface area contributed by atoms with Crippen LogP contribution < -0.4 is 4.57 Å². The zero-order valence-electron chi connectivity index (χ0n) is 16.4. The fraction of sp³-hybridized carbons (Fsp3) is 0.318. The maximum atomic E-state index is 14.5. The van der Waals surface area contributed by atoms with Crippen molar-refractivity contribution in [1.82, 2.24) is 4.98 Å². The highest BCUT2D eigenvalue weighted by Gasteiger charge is 2.25. The van der Waals surface area contributed by atoms with Crippen molar-refractivity contribution >= 4 is 16.8 Å². The van der Waals surface area contributed by atoms with Crippen LogP contribution in [0, 0.1) is 28.8 Å². The van der Waals surface area contributed by atoms with Gasteiger partial charge in [0.2, 0.25) is 17.7 Å². The third-order valence-electron chi connectivity index (χ3n) is 5.13. The molecule has 1 atom stereocenters. The highest BCUT2D eigenvalue weighted by Crippen LogP contribution is 2.28. The van der Waals surface area contributed by atoms with Crippen LogP contribution >= 0.6 is 0 Å². The summed E-state index contributed by atoms with van der Waals surface area (Å²) in [5, 5.41) is 9.19. The molecule has 150 valence electrons. The second-order valence-corrected chi connectivity index (χ2v) is 7.78. The van der Waals surface area contributed by atoms with E-state index in [2.05, 4.69) is 11.1 Å². The molecule has 1 unspecified atom stereocenters. The molecule has 0 aliphatic heterocycles. The van der Waals surface area contributed by atoms with Gasteiger partial charge in [0.25, 0.3) is 0 Å². The van der Waals surface area contributed by atoms with Crippen LogP contribution in [0.1, 0.15) is 44.2 Å². The number of ketones is 1. The average Bonchev–Trinajstić information content (AvgIpc) is 3.07. The molecule has 0 fully saturated rings. The van der Waals surface area contributed by atoms with E-state index in [9.17, 15) is 23.2 Å². The van der Waals surface area contributed by atoms with Crippen LogP contribution in [0.2, 0.25) is 0 Å². The molecule has 0 spiro atoms. The van der Waals surface area contributed by atoms with Crippen LogP contribution in [-0.2, 0) is 16.8 Å². The first kappa shape index (κ1) is 20.6. The summed E-state index contributed by atoms with van der Waals surface area (Å²) < 4.78 is 43.4. The lowest BCUT2D eigenvalue weighted by Crippen LogP contribution is -2.37. The van der Waals surface area contributed by atoms with Crippen molar-refractivity contribution in [1.29, 1.82) is 5.26 Å². The van der Waals surface area contributed by atoms with Crippen LogP contribution in [0.3, 0.4) is 0 Å². The van der Waals surface area contributed by atoms with Crippen LogP contribution in [-0.4, -0.2) is 10.8 Å². The number of rotatable bonds is 6. The van der Waals surface area contributed by atoms with E-state index < -0.39 is 22.9 Å². The Balaban J connectivity index is 1.76. The van der Waals surface area contributed by atoms with E-state index in [-0.39, 0.29) is 30.2 Å². The number of carbonyl (C=O) groups excluding carboxylic acids is 1. The molecule has 2 aromatic carbocycles. The summed E-state index contributed by atoms with van der Waals surface area (Å²) >= 11 is 0. The lowest BCUT2D eigenvalue weighted by molar-refractivity contribution is -0.659. The van der Waals surface area contributed by atoms with E-state index in [1.165, 1.54) is 23.0 Å². The molecule has 0 saturated carbocycles. The van der Waals surface area contributed by atoms with Crippen molar-refractivity contribution in [3.05, 3.63) is 65.2 Å². The normalized spacial score (nSPS) is 12.7. The number of halogens is 3. The standard InChI is InChI=1S/C22H20F3N3O/c1-13(14-4-5-16(18(24)9-14)22(2,3)11-26)8-15(29)10-28-12-27-19-7-6-17(23)20(25)21(19)28/h4-7,9,12-13H,8,10H2,1-3H3/p+1. The molecular weight excluding hydrogens is 379 g/mol. The topological polar surface area (TPSA) is 60.5 Å². The Morgan fingerprint density at radius 3 is 2.59 bits per heavy atom. The molecule has 29 heavy (non-hydrogen) atoms. The van der Waals surface area contributed by atoms with Crippen LogP contribution in [0.15, 0.2) is 36.7 Å². The largest absolute Gasteiger partial charge is 0.295 e. The van der Waals surface area contributed by atoms with Gasteiger partial charge in [0.05, 0.1) is 11.5 Å². The molecule has 1 aromatic heterocycles. The Morgan fingerprint density at radius 1 is 1.21 bits per heavy atom. The predicted octanol–water partition coefficient (Wildman–Crippen LogP) is 4.44. The number of nitrogens with one attached hydrogen (secondary N) is 1. The first-order valence-electron chi connectivity index (χ1n) is 9.21. The molecule has 0 aliphatic carbocycles. The zero-order valence-corrected chi connectivity index (χ0v) is 16.4. The maximum absolute atomic E-state index is 14.5. The van der Waals surface area contributed by atoms with E-state index in [0.717, 1.165) is 6.07 Å². The molecule has 3 aromatic rings. The lowest BCUT2D eigenvalue weighted by atomic mass is 9.84. The van der Waals surface area contributed by atoms with Crippen molar-refractivity contribution < 1.29 is 22.5 Å². The molecule has 0 amide bonds. The number of nitrogens with zero attached hydrogens (tertiary/aromatic N) is 2. The summed E-state index contributed by atoms with van der Waals surface area (Å²) in [5.41, 5.74) is 0.374. The van der Waals surface area contributed by atoms with Gasteiger partial charge in [0.15, 0.2) is 17.1 Å². The maximum Gasteiger partial charge on any atom is 0.242 e. The molecule has 1 heterocycles. The van der Waals surface area contributed by atoms with Gasteiger partial charge in [0, 0.05) is 12.0 Å². The van der Waals surface area contributed by atoms with E-state index in [4.69, 9.17) is 0 Å². The quantitative estimate of drug-likeness (QED) is 0.622. The number of imidazole rings is 1. The number of hydrogen-bond acceptors (Lipinski definition) is 2. The van der Waals surface area contributed by atoms with Gasteiger partial charge in [-0.05, 0) is 43.5 Å². The average molecular weight is 400 g/mol. The van der Waals surface area contributed by atoms with E-state index in [0.29, 0.717) is 16.6 Å². The van der Waals surface area contributed by atoms with E-state index >= 15 is 0 Å². The minimum absolute atomic E-state index is 0.000125. The lowest BCUT2D eigenvalue weighted by Gasteiger charge is -2.18. The number of nitriles is 1. The van der Waals surface area contributed by atoms with Crippen LogP contribution in [0.4, 0.5) is 13.2 Å². The van der Waals surface area contributed by atoms with Crippen molar-refractivity contribution in [3.63, 3.8) is 0 Å². The number of carbonyl (C=O) groups is 1. The smallest absolute Gasteiger partial charge is 0.242 e. The fourth-order valence-corrected chi connectivity index (χ4v) is 3.39. The molecule has 3 rings (SSSR count). The number of Topliss-reactive ketones (excluding diaryl/α,β-unsaturated/α-hetero) is 1. The van der Waals surface area contributed by atoms with Crippen LogP contribution in [0.25, 0.3) is 11.0 Å².